The van der Waals surface area contributed by atoms with Crippen LogP contribution in [0.4, 0.5) is 0 Å². The molecular formula is C11H12N4. The topological polar surface area (TPSA) is 42.2 Å². The maximum Gasteiger partial charge on any atom is 0.160 e. The molecule has 0 spiro atoms. The van der Waals surface area contributed by atoms with Gasteiger partial charge < -0.3 is 5.31 Å². The van der Waals surface area contributed by atoms with E-state index >= 15 is 0 Å². The van der Waals surface area contributed by atoms with Gasteiger partial charge in [-0.25, -0.2) is 0 Å². The van der Waals surface area contributed by atoms with Crippen LogP contribution in [0, 0.1) is 11.8 Å². The van der Waals surface area contributed by atoms with Crippen molar-refractivity contribution in [3.63, 3.8) is 0 Å². The lowest BCUT2D eigenvalue weighted by molar-refractivity contribution is 0.657. The van der Waals surface area contributed by atoms with E-state index in [2.05, 4.69) is 14.6 Å². The molecule has 2 aromatic heterocycles. The van der Waals surface area contributed by atoms with Gasteiger partial charge in [0.2, 0.25) is 0 Å². The molecule has 0 radical (unpaired) electrons. The SMILES string of the molecule is [2H]N1C[C@@H]2C(c3nnc4ccccn34)[C@@H]2C1. The van der Waals surface area contributed by atoms with Crippen molar-refractivity contribution in [2.45, 2.75) is 5.92 Å². The highest BCUT2D eigenvalue weighted by atomic mass is 15.3. The molecule has 2 aromatic rings. The maximum absolute atomic E-state index is 7.56. The largest absolute Gasteiger partial charge is 0.316 e. The Hall–Kier alpha value is -1.42. The van der Waals surface area contributed by atoms with Crippen LogP contribution >= 0.6 is 0 Å². The zero-order valence-corrected chi connectivity index (χ0v) is 8.24. The predicted molar refractivity (Wildman–Crippen MR) is 55.6 cm³/mol. The second-order valence-corrected chi connectivity index (χ2v) is 4.43. The molecule has 1 saturated heterocycles. The van der Waals surface area contributed by atoms with E-state index in [-0.39, 0.29) is 0 Å². The molecule has 4 heteroatoms. The fourth-order valence-electron chi connectivity index (χ4n) is 2.79. The van der Waals surface area contributed by atoms with Crippen molar-refractivity contribution in [2.24, 2.45) is 11.8 Å². The first-order valence-electron chi connectivity index (χ1n) is 5.83. The molecule has 1 aliphatic carbocycles. The molecule has 2 fully saturated rings. The molecule has 2 aliphatic rings. The third kappa shape index (κ3) is 0.946. The molecule has 15 heavy (non-hydrogen) atoms. The van der Waals surface area contributed by atoms with E-state index in [1.807, 2.05) is 24.4 Å². The number of fused-ring (bicyclic) bond motifs is 2. The molecule has 1 aliphatic heterocycles. The summed E-state index contributed by atoms with van der Waals surface area (Å²) in [5.74, 6) is 2.87. The monoisotopic (exact) mass is 201 g/mol. The van der Waals surface area contributed by atoms with E-state index in [1.54, 1.807) is 5.31 Å². The van der Waals surface area contributed by atoms with Crippen LogP contribution in [0.5, 0.6) is 0 Å². The second kappa shape index (κ2) is 2.58. The minimum atomic E-state index is 0.527. The quantitative estimate of drug-likeness (QED) is 0.737. The number of hydrogen-bond donors (Lipinski definition) is 1. The Morgan fingerprint density at radius 1 is 1.33 bits per heavy atom. The van der Waals surface area contributed by atoms with Gasteiger partial charge in [-0.15, -0.1) is 10.2 Å². The highest BCUT2D eigenvalue weighted by Crippen LogP contribution is 2.55. The summed E-state index contributed by atoms with van der Waals surface area (Å²) in [6.07, 6.45) is 2.02. The van der Waals surface area contributed by atoms with Crippen molar-refractivity contribution >= 4 is 5.65 Å². The fraction of sp³-hybridized carbons (Fsp3) is 0.455. The average molecular weight is 201 g/mol. The molecule has 0 aromatic carbocycles. The highest BCUT2D eigenvalue weighted by Gasteiger charge is 2.55. The third-order valence-electron chi connectivity index (χ3n) is 3.65. The molecule has 3 heterocycles. The normalized spacial score (nSPS) is 35.5. The van der Waals surface area contributed by atoms with Gasteiger partial charge in [-0.1, -0.05) is 6.07 Å². The predicted octanol–water partition coefficient (Wildman–Crippen LogP) is 0.662. The first kappa shape index (κ1) is 6.95. The zero-order valence-electron chi connectivity index (χ0n) is 9.24. The van der Waals surface area contributed by atoms with Crippen LogP contribution in [-0.2, 0) is 0 Å². The summed E-state index contributed by atoms with van der Waals surface area (Å²) in [6.45, 7) is 1.77. The summed E-state index contributed by atoms with van der Waals surface area (Å²) in [7, 11) is 0. The van der Waals surface area contributed by atoms with Crippen LogP contribution in [0.25, 0.3) is 5.65 Å². The summed E-state index contributed by atoms with van der Waals surface area (Å²) in [4.78, 5) is 0. The summed E-state index contributed by atoms with van der Waals surface area (Å²) >= 11 is 0. The van der Waals surface area contributed by atoms with Gasteiger partial charge in [-0.05, 0) is 37.1 Å². The van der Waals surface area contributed by atoms with Gasteiger partial charge in [0.15, 0.2) is 5.65 Å². The maximum atomic E-state index is 7.56. The molecule has 0 amide bonds. The van der Waals surface area contributed by atoms with E-state index in [1.165, 1.54) is 0 Å². The second-order valence-electron chi connectivity index (χ2n) is 4.43. The Balaban J connectivity index is 1.74. The Morgan fingerprint density at radius 3 is 3.07 bits per heavy atom. The molecule has 1 unspecified atom stereocenters. The van der Waals surface area contributed by atoms with Crippen molar-refractivity contribution in [1.29, 1.82) is 0 Å². The van der Waals surface area contributed by atoms with E-state index in [4.69, 9.17) is 1.41 Å². The Bertz CT molecular complexity index is 540. The standard InChI is InChI=1S/C11H12N4/c1-2-4-15-9(3-1)13-14-11(15)10-7-5-12-6-8(7)10/h1-4,7-8,10,12H,5-6H2/t7-,8+,10?/i/hD. The smallest absolute Gasteiger partial charge is 0.160 e. The first-order chi connectivity index (χ1) is 7.84. The number of piperidine rings is 1. The van der Waals surface area contributed by atoms with Gasteiger partial charge in [0, 0.05) is 12.1 Å². The van der Waals surface area contributed by atoms with Gasteiger partial charge in [0.25, 0.3) is 0 Å². The average Bonchev–Trinajstić information content (AvgIpc) is 2.69. The highest BCUT2D eigenvalue weighted by molar-refractivity contribution is 5.39. The minimum Gasteiger partial charge on any atom is -0.316 e. The summed E-state index contributed by atoms with van der Waals surface area (Å²) in [6, 6.07) is 5.97. The minimum absolute atomic E-state index is 0.527. The number of pyridine rings is 1. The lowest BCUT2D eigenvalue weighted by Gasteiger charge is -2.02. The summed E-state index contributed by atoms with van der Waals surface area (Å²) in [5.41, 5.74) is 0.921. The molecule has 0 bridgehead atoms. The van der Waals surface area contributed by atoms with Crippen molar-refractivity contribution < 1.29 is 1.41 Å². The number of aromatic nitrogens is 3. The lowest BCUT2D eigenvalue weighted by atomic mass is 10.2. The fourth-order valence-corrected chi connectivity index (χ4v) is 2.79. The number of nitrogens with one attached hydrogen (secondary N) is 1. The molecule has 3 atom stereocenters. The number of hydrogen-bond acceptors (Lipinski definition) is 3. The van der Waals surface area contributed by atoms with E-state index in [0.717, 1.165) is 24.6 Å². The molecule has 1 N–H and O–H groups in total. The Kier molecular flexibility index (Phi) is 1.20. The number of rotatable bonds is 1. The molecule has 76 valence electrons. The van der Waals surface area contributed by atoms with Crippen LogP contribution in [0.15, 0.2) is 24.4 Å². The summed E-state index contributed by atoms with van der Waals surface area (Å²) < 4.78 is 9.64. The first-order valence-corrected chi connectivity index (χ1v) is 5.38. The molecular weight excluding hydrogens is 188 g/mol. The molecule has 1 saturated carbocycles. The lowest BCUT2D eigenvalue weighted by Crippen LogP contribution is -2.14. The molecule has 4 nitrogen and oxygen atoms in total. The van der Waals surface area contributed by atoms with Crippen LogP contribution in [0.1, 0.15) is 11.7 Å². The van der Waals surface area contributed by atoms with Gasteiger partial charge >= 0.3 is 0 Å². The van der Waals surface area contributed by atoms with Crippen LogP contribution in [0.3, 0.4) is 0 Å². The zero-order chi connectivity index (χ0) is 10.7. The van der Waals surface area contributed by atoms with E-state index < -0.39 is 0 Å². The Morgan fingerprint density at radius 2 is 2.20 bits per heavy atom. The van der Waals surface area contributed by atoms with Crippen LogP contribution in [-0.4, -0.2) is 27.7 Å². The number of nitrogens with zero attached hydrogens (tertiary/aromatic N) is 3. The van der Waals surface area contributed by atoms with E-state index in [9.17, 15) is 0 Å². The third-order valence-corrected chi connectivity index (χ3v) is 3.65. The molecule has 4 rings (SSSR count). The van der Waals surface area contributed by atoms with Crippen molar-refractivity contribution in [3.8, 4) is 0 Å². The van der Waals surface area contributed by atoms with Crippen LogP contribution < -0.4 is 5.31 Å². The van der Waals surface area contributed by atoms with Gasteiger partial charge in [0.1, 0.15) is 7.24 Å². The Labute approximate surface area is 88.8 Å². The van der Waals surface area contributed by atoms with Crippen LogP contribution in [0.2, 0.25) is 1.41 Å². The summed E-state index contributed by atoms with van der Waals surface area (Å²) in [5, 5.41) is 10.1. The van der Waals surface area contributed by atoms with Gasteiger partial charge in [-0.3, -0.25) is 4.40 Å². The van der Waals surface area contributed by atoms with E-state index in [0.29, 0.717) is 17.8 Å². The van der Waals surface area contributed by atoms with Crippen molar-refractivity contribution in [1.82, 2.24) is 19.9 Å². The van der Waals surface area contributed by atoms with Gasteiger partial charge in [0.05, 0.1) is 0 Å². The van der Waals surface area contributed by atoms with Crippen molar-refractivity contribution in [3.05, 3.63) is 30.2 Å². The van der Waals surface area contributed by atoms with Gasteiger partial charge in [-0.2, -0.15) is 0 Å². The van der Waals surface area contributed by atoms with Crippen molar-refractivity contribution in [2.75, 3.05) is 13.1 Å².